The third kappa shape index (κ3) is 1.47. The van der Waals surface area contributed by atoms with Crippen molar-refractivity contribution in [3.05, 3.63) is 17.0 Å². The van der Waals surface area contributed by atoms with Crippen molar-refractivity contribution in [2.45, 2.75) is 26.7 Å². The number of carbonyl (C=O) groups excluding carboxylic acids is 1. The molecule has 0 aliphatic rings. The fourth-order valence-electron chi connectivity index (χ4n) is 1.13. The van der Waals surface area contributed by atoms with Crippen molar-refractivity contribution in [2.24, 2.45) is 5.73 Å². The Kier molecular flexibility index (Phi) is 2.47. The molecule has 4 heteroatoms. The summed E-state index contributed by atoms with van der Waals surface area (Å²) in [7, 11) is 0. The quantitative estimate of drug-likeness (QED) is 0.732. The molecule has 0 saturated carbocycles. The van der Waals surface area contributed by atoms with Crippen LogP contribution in [0.25, 0.3) is 0 Å². The second-order valence-corrected chi connectivity index (χ2v) is 2.68. The van der Waals surface area contributed by atoms with E-state index in [-0.39, 0.29) is 0 Å². The molecule has 0 aliphatic carbocycles. The minimum absolute atomic E-state index is 0.442. The first kappa shape index (κ1) is 8.77. The van der Waals surface area contributed by atoms with Gasteiger partial charge in [0.2, 0.25) is 0 Å². The minimum atomic E-state index is -0.461. The van der Waals surface area contributed by atoms with Gasteiger partial charge in [-0.1, -0.05) is 12.1 Å². The summed E-state index contributed by atoms with van der Waals surface area (Å²) in [6.45, 7) is 3.71. The van der Waals surface area contributed by atoms with Crippen LogP contribution >= 0.6 is 0 Å². The van der Waals surface area contributed by atoms with E-state index in [1.165, 1.54) is 0 Å². The molecule has 1 rings (SSSR count). The second kappa shape index (κ2) is 3.38. The van der Waals surface area contributed by atoms with E-state index in [0.717, 1.165) is 6.42 Å². The van der Waals surface area contributed by atoms with Gasteiger partial charge >= 0.3 is 0 Å². The zero-order chi connectivity index (χ0) is 9.14. The van der Waals surface area contributed by atoms with Crippen molar-refractivity contribution in [3.8, 4) is 0 Å². The first-order valence-electron chi connectivity index (χ1n) is 3.91. The van der Waals surface area contributed by atoms with E-state index in [4.69, 9.17) is 10.3 Å². The van der Waals surface area contributed by atoms with Crippen LogP contribution in [0, 0.1) is 6.92 Å². The van der Waals surface area contributed by atoms with Crippen molar-refractivity contribution in [3.63, 3.8) is 0 Å². The van der Waals surface area contributed by atoms with Gasteiger partial charge in [-0.05, 0) is 13.3 Å². The molecule has 0 bridgehead atoms. The van der Waals surface area contributed by atoms with Crippen LogP contribution in [0.3, 0.4) is 0 Å². The number of nitrogens with two attached hydrogens (primary N) is 1. The number of primary amides is 1. The van der Waals surface area contributed by atoms with E-state index in [1.54, 1.807) is 6.92 Å². The molecule has 0 spiro atoms. The zero-order valence-corrected chi connectivity index (χ0v) is 7.26. The summed E-state index contributed by atoms with van der Waals surface area (Å²) in [5.74, 6) is 0.139. The lowest BCUT2D eigenvalue weighted by atomic mass is 10.1. The van der Waals surface area contributed by atoms with E-state index < -0.39 is 5.91 Å². The molecule has 0 saturated heterocycles. The highest BCUT2D eigenvalue weighted by Gasteiger charge is 2.16. The average molecular weight is 168 g/mol. The summed E-state index contributed by atoms with van der Waals surface area (Å²) < 4.78 is 4.95. The third-order valence-corrected chi connectivity index (χ3v) is 1.66. The second-order valence-electron chi connectivity index (χ2n) is 2.68. The molecule has 1 aromatic heterocycles. The van der Waals surface area contributed by atoms with Crippen molar-refractivity contribution >= 4 is 5.91 Å². The lowest BCUT2D eigenvalue weighted by molar-refractivity contribution is 0.0998. The molecule has 1 aromatic rings. The van der Waals surface area contributed by atoms with Gasteiger partial charge in [0.15, 0.2) is 0 Å². The largest absolute Gasteiger partial charge is 0.365 e. The Labute approximate surface area is 70.7 Å². The predicted molar refractivity (Wildman–Crippen MR) is 43.8 cm³/mol. The lowest BCUT2D eigenvalue weighted by Crippen LogP contribution is -2.13. The molecule has 4 nitrogen and oxygen atoms in total. The average Bonchev–Trinajstić information content (AvgIpc) is 2.32. The Bertz CT molecular complexity index is 291. The van der Waals surface area contributed by atoms with Crippen LogP contribution in [-0.4, -0.2) is 11.1 Å². The molecule has 0 aromatic carbocycles. The van der Waals surface area contributed by atoms with E-state index in [0.29, 0.717) is 23.4 Å². The summed E-state index contributed by atoms with van der Waals surface area (Å²) in [4.78, 5) is 10.9. The van der Waals surface area contributed by atoms with Gasteiger partial charge in [-0.3, -0.25) is 4.79 Å². The van der Waals surface area contributed by atoms with Crippen LogP contribution in [0.4, 0.5) is 0 Å². The molecule has 1 amide bonds. The molecule has 0 atom stereocenters. The van der Waals surface area contributed by atoms with Crippen molar-refractivity contribution in [2.75, 3.05) is 0 Å². The molecule has 0 aliphatic heterocycles. The predicted octanol–water partition coefficient (Wildman–Crippen LogP) is 1.03. The highest BCUT2D eigenvalue weighted by molar-refractivity contribution is 5.94. The highest BCUT2D eigenvalue weighted by atomic mass is 16.5. The van der Waals surface area contributed by atoms with E-state index >= 15 is 0 Å². The number of rotatable bonds is 3. The van der Waals surface area contributed by atoms with Gasteiger partial charge in [-0.15, -0.1) is 0 Å². The Hall–Kier alpha value is -1.32. The highest BCUT2D eigenvalue weighted by Crippen LogP contribution is 2.14. The Balaban J connectivity index is 3.04. The third-order valence-electron chi connectivity index (χ3n) is 1.66. The summed E-state index contributed by atoms with van der Waals surface area (Å²) in [5, 5.41) is 3.68. The van der Waals surface area contributed by atoms with E-state index in [1.807, 2.05) is 6.92 Å². The molecule has 2 N–H and O–H groups in total. The van der Waals surface area contributed by atoms with E-state index in [2.05, 4.69) is 5.16 Å². The van der Waals surface area contributed by atoms with Crippen LogP contribution in [0.15, 0.2) is 4.52 Å². The van der Waals surface area contributed by atoms with E-state index in [9.17, 15) is 4.79 Å². The summed E-state index contributed by atoms with van der Waals surface area (Å²) >= 11 is 0. The topological polar surface area (TPSA) is 69.1 Å². The molecule has 66 valence electrons. The van der Waals surface area contributed by atoms with Gasteiger partial charge < -0.3 is 10.3 Å². The van der Waals surface area contributed by atoms with Gasteiger partial charge in [0.25, 0.3) is 5.91 Å². The first-order valence-corrected chi connectivity index (χ1v) is 3.91. The zero-order valence-electron chi connectivity index (χ0n) is 7.26. The number of hydrogen-bond acceptors (Lipinski definition) is 3. The van der Waals surface area contributed by atoms with Crippen LogP contribution in [-0.2, 0) is 6.42 Å². The van der Waals surface area contributed by atoms with Crippen LogP contribution in [0.1, 0.15) is 35.2 Å². The van der Waals surface area contributed by atoms with Gasteiger partial charge in [0.05, 0.1) is 5.69 Å². The fraction of sp³-hybridized carbons (Fsp3) is 0.500. The lowest BCUT2D eigenvalue weighted by Gasteiger charge is -1.93. The fourth-order valence-corrected chi connectivity index (χ4v) is 1.13. The smallest absolute Gasteiger partial charge is 0.254 e. The number of carbonyl (C=O) groups is 1. The number of hydrogen-bond donors (Lipinski definition) is 1. The maximum absolute atomic E-state index is 10.9. The van der Waals surface area contributed by atoms with Crippen LogP contribution in [0.5, 0.6) is 0 Å². The molecule has 0 fully saturated rings. The Morgan fingerprint density at radius 2 is 2.33 bits per heavy atom. The summed E-state index contributed by atoms with van der Waals surface area (Å²) in [6, 6.07) is 0. The molecular weight excluding hydrogens is 156 g/mol. The standard InChI is InChI=1S/C8H12N2O2/c1-3-4-6-7(8(9)11)5(2)10-12-6/h3-4H2,1-2H3,(H2,9,11). The number of aryl methyl sites for hydroxylation is 2. The summed E-state index contributed by atoms with van der Waals surface area (Å²) in [6.07, 6.45) is 1.62. The number of amides is 1. The molecule has 1 heterocycles. The Morgan fingerprint density at radius 1 is 1.67 bits per heavy atom. The number of nitrogens with zero attached hydrogens (tertiary/aromatic N) is 1. The minimum Gasteiger partial charge on any atom is -0.365 e. The van der Waals surface area contributed by atoms with Gasteiger partial charge in [-0.25, -0.2) is 0 Å². The van der Waals surface area contributed by atoms with Crippen LogP contribution in [0.2, 0.25) is 0 Å². The molecule has 12 heavy (non-hydrogen) atoms. The monoisotopic (exact) mass is 168 g/mol. The van der Waals surface area contributed by atoms with Crippen molar-refractivity contribution < 1.29 is 9.32 Å². The Morgan fingerprint density at radius 3 is 2.83 bits per heavy atom. The van der Waals surface area contributed by atoms with Gasteiger partial charge in [0.1, 0.15) is 11.3 Å². The maximum Gasteiger partial charge on any atom is 0.254 e. The normalized spacial score (nSPS) is 10.2. The maximum atomic E-state index is 10.9. The molecular formula is C8H12N2O2. The van der Waals surface area contributed by atoms with Gasteiger partial charge in [-0.2, -0.15) is 0 Å². The molecule has 0 unspecified atom stereocenters. The SMILES string of the molecule is CCCc1onc(C)c1C(N)=O. The van der Waals surface area contributed by atoms with Crippen molar-refractivity contribution in [1.82, 2.24) is 5.16 Å². The first-order chi connectivity index (χ1) is 5.66. The summed E-state index contributed by atoms with van der Waals surface area (Å²) in [5.41, 5.74) is 6.17. The number of aromatic nitrogens is 1. The van der Waals surface area contributed by atoms with Gasteiger partial charge in [0, 0.05) is 6.42 Å². The molecule has 0 radical (unpaired) electrons. The van der Waals surface area contributed by atoms with Crippen LogP contribution < -0.4 is 5.73 Å². The van der Waals surface area contributed by atoms with Crippen molar-refractivity contribution in [1.29, 1.82) is 0 Å².